The second-order valence-electron chi connectivity index (χ2n) is 7.00. The van der Waals surface area contributed by atoms with E-state index in [-0.39, 0.29) is 0 Å². The van der Waals surface area contributed by atoms with Crippen molar-refractivity contribution in [3.8, 4) is 0 Å². The zero-order chi connectivity index (χ0) is 18.6. The summed E-state index contributed by atoms with van der Waals surface area (Å²) < 4.78 is 0. The van der Waals surface area contributed by atoms with Gasteiger partial charge in [-0.15, -0.1) is 0 Å². The van der Waals surface area contributed by atoms with Gasteiger partial charge in [0.25, 0.3) is 5.91 Å². The minimum absolute atomic E-state index is 0.322. The van der Waals surface area contributed by atoms with E-state index >= 15 is 0 Å². The highest BCUT2D eigenvalue weighted by Crippen LogP contribution is 2.31. The number of carbonyl (C=O) groups excluding carboxylic acids is 1. The fourth-order valence-corrected chi connectivity index (χ4v) is 3.88. The van der Waals surface area contributed by atoms with E-state index in [1.54, 1.807) is 18.3 Å². The van der Waals surface area contributed by atoms with Gasteiger partial charge in [-0.05, 0) is 36.1 Å². The molecule has 1 fully saturated rings. The van der Waals surface area contributed by atoms with Crippen molar-refractivity contribution in [2.24, 2.45) is 5.73 Å². The van der Waals surface area contributed by atoms with Gasteiger partial charge in [-0.25, -0.2) is 4.98 Å². The number of rotatable bonds is 5. The number of hydrogen-bond donors (Lipinski definition) is 2. The van der Waals surface area contributed by atoms with Crippen LogP contribution in [0, 0.1) is 0 Å². The van der Waals surface area contributed by atoms with Crippen LogP contribution in [0.5, 0.6) is 0 Å². The summed E-state index contributed by atoms with van der Waals surface area (Å²) in [4.78, 5) is 18.4. The summed E-state index contributed by atoms with van der Waals surface area (Å²) in [6.45, 7) is 1.66. The molecule has 0 saturated carbocycles. The van der Waals surface area contributed by atoms with E-state index in [9.17, 15) is 4.79 Å². The molecule has 0 unspecified atom stereocenters. The first-order chi connectivity index (χ1) is 13.2. The maximum atomic E-state index is 11.8. The summed E-state index contributed by atoms with van der Waals surface area (Å²) >= 11 is 0. The van der Waals surface area contributed by atoms with Gasteiger partial charge in [0.05, 0.1) is 11.8 Å². The lowest BCUT2D eigenvalue weighted by molar-refractivity contribution is 0.100. The Bertz CT molecular complexity index is 921. The van der Waals surface area contributed by atoms with Crippen LogP contribution in [0.1, 0.15) is 45.9 Å². The molecule has 1 saturated heterocycles. The lowest BCUT2D eigenvalue weighted by atomic mass is 9.90. The first-order valence-electron chi connectivity index (χ1n) is 9.28. The molecule has 0 aliphatic carbocycles. The van der Waals surface area contributed by atoms with Crippen molar-refractivity contribution in [2.75, 3.05) is 18.0 Å². The van der Waals surface area contributed by atoms with Crippen molar-refractivity contribution in [2.45, 2.75) is 25.2 Å². The molecule has 6 nitrogen and oxygen atoms in total. The number of H-pyrrole nitrogens is 1. The third-order valence-electron chi connectivity index (χ3n) is 5.17. The number of aromatic amines is 1. The Labute approximate surface area is 158 Å². The molecule has 0 bridgehead atoms. The Hall–Kier alpha value is -3.15. The molecule has 1 aliphatic heterocycles. The number of nitrogens with zero attached hydrogens (tertiary/aromatic N) is 3. The molecule has 1 aliphatic rings. The molecular formula is C21H23N5O. The minimum atomic E-state index is -0.438. The number of pyridine rings is 1. The molecule has 1 atom stereocenters. The van der Waals surface area contributed by atoms with Crippen LogP contribution in [0.4, 0.5) is 5.82 Å². The van der Waals surface area contributed by atoms with Crippen LogP contribution in [0.3, 0.4) is 0 Å². The number of aromatic nitrogens is 3. The second kappa shape index (κ2) is 7.61. The zero-order valence-electron chi connectivity index (χ0n) is 15.1. The smallest absolute Gasteiger partial charge is 0.252 e. The normalized spacial score (nSPS) is 17.0. The monoisotopic (exact) mass is 361 g/mol. The Balaban J connectivity index is 1.56. The number of benzene rings is 1. The van der Waals surface area contributed by atoms with Gasteiger partial charge in [-0.1, -0.05) is 30.3 Å². The number of amides is 1. The molecule has 0 radical (unpaired) electrons. The molecule has 6 heteroatoms. The van der Waals surface area contributed by atoms with Gasteiger partial charge in [-0.2, -0.15) is 5.10 Å². The molecule has 3 aromatic rings. The van der Waals surface area contributed by atoms with E-state index in [4.69, 9.17) is 5.73 Å². The zero-order valence-corrected chi connectivity index (χ0v) is 15.1. The van der Waals surface area contributed by atoms with Crippen LogP contribution in [0.2, 0.25) is 0 Å². The van der Waals surface area contributed by atoms with Crippen LogP contribution >= 0.6 is 0 Å². The molecule has 138 valence electrons. The van der Waals surface area contributed by atoms with Crippen LogP contribution < -0.4 is 10.6 Å². The molecule has 1 amide bonds. The third-order valence-corrected chi connectivity index (χ3v) is 5.17. The fraction of sp³-hybridized carbons (Fsp3) is 0.286. The van der Waals surface area contributed by atoms with Crippen LogP contribution in [0.25, 0.3) is 0 Å². The third kappa shape index (κ3) is 3.69. The Morgan fingerprint density at radius 1 is 1.22 bits per heavy atom. The quantitative estimate of drug-likeness (QED) is 0.731. The average Bonchev–Trinajstić information content (AvgIpc) is 3.17. The van der Waals surface area contributed by atoms with Crippen LogP contribution in [-0.2, 0) is 6.42 Å². The summed E-state index contributed by atoms with van der Waals surface area (Å²) in [7, 11) is 0. The van der Waals surface area contributed by atoms with Crippen molar-refractivity contribution < 1.29 is 4.79 Å². The SMILES string of the molecule is NC(=O)c1cccnc1N1CCC[C@@H](c2[nH]ncc2Cc2ccccc2)C1. The van der Waals surface area contributed by atoms with E-state index < -0.39 is 5.91 Å². The summed E-state index contributed by atoms with van der Waals surface area (Å²) in [5.74, 6) is 0.563. The van der Waals surface area contributed by atoms with Gasteiger partial charge in [0.2, 0.25) is 0 Å². The van der Waals surface area contributed by atoms with Gasteiger partial charge in [-0.3, -0.25) is 9.89 Å². The first-order valence-corrected chi connectivity index (χ1v) is 9.28. The number of anilines is 1. The van der Waals surface area contributed by atoms with E-state index in [0.717, 1.165) is 32.4 Å². The summed E-state index contributed by atoms with van der Waals surface area (Å²) in [5.41, 5.74) is 9.70. The highest BCUT2D eigenvalue weighted by Gasteiger charge is 2.27. The first kappa shape index (κ1) is 17.3. The fourth-order valence-electron chi connectivity index (χ4n) is 3.88. The van der Waals surface area contributed by atoms with Gasteiger partial charge in [0, 0.05) is 37.3 Å². The van der Waals surface area contributed by atoms with Gasteiger partial charge in [0.15, 0.2) is 0 Å². The summed E-state index contributed by atoms with van der Waals surface area (Å²) in [6.07, 6.45) is 6.61. The lowest BCUT2D eigenvalue weighted by Crippen LogP contribution is -2.36. The van der Waals surface area contributed by atoms with Crippen molar-refractivity contribution in [1.29, 1.82) is 0 Å². The molecule has 1 aromatic carbocycles. The minimum Gasteiger partial charge on any atom is -0.365 e. The van der Waals surface area contributed by atoms with Gasteiger partial charge >= 0.3 is 0 Å². The van der Waals surface area contributed by atoms with Crippen molar-refractivity contribution in [3.05, 3.63) is 77.2 Å². The number of carbonyl (C=O) groups is 1. The number of hydrogen-bond acceptors (Lipinski definition) is 4. The van der Waals surface area contributed by atoms with Crippen molar-refractivity contribution in [1.82, 2.24) is 15.2 Å². The van der Waals surface area contributed by atoms with E-state index in [1.807, 2.05) is 12.3 Å². The summed E-state index contributed by atoms with van der Waals surface area (Å²) in [5, 5.41) is 7.52. The molecule has 0 spiro atoms. The average molecular weight is 361 g/mol. The van der Waals surface area contributed by atoms with E-state index in [2.05, 4.69) is 44.3 Å². The largest absolute Gasteiger partial charge is 0.365 e. The van der Waals surface area contributed by atoms with Crippen molar-refractivity contribution >= 4 is 11.7 Å². The number of nitrogens with one attached hydrogen (secondary N) is 1. The molecule has 4 rings (SSSR count). The maximum Gasteiger partial charge on any atom is 0.252 e. The maximum absolute atomic E-state index is 11.8. The lowest BCUT2D eigenvalue weighted by Gasteiger charge is -2.34. The predicted molar refractivity (Wildman–Crippen MR) is 105 cm³/mol. The van der Waals surface area contributed by atoms with Crippen molar-refractivity contribution in [3.63, 3.8) is 0 Å². The number of nitrogens with two attached hydrogens (primary N) is 1. The van der Waals surface area contributed by atoms with E-state index in [1.165, 1.54) is 16.8 Å². The predicted octanol–water partition coefficient (Wildman–Crippen LogP) is 2.88. The summed E-state index contributed by atoms with van der Waals surface area (Å²) in [6, 6.07) is 13.9. The van der Waals surface area contributed by atoms with Crippen LogP contribution in [-0.4, -0.2) is 34.2 Å². The highest BCUT2D eigenvalue weighted by atomic mass is 16.1. The standard InChI is InChI=1S/C21H23N5O/c22-20(27)18-9-4-10-23-21(18)26-11-5-8-16(14-26)19-17(13-24-25-19)12-15-6-2-1-3-7-15/h1-4,6-7,9-10,13,16H,5,8,11-12,14H2,(H2,22,27)(H,24,25)/t16-/m1/s1. The highest BCUT2D eigenvalue weighted by molar-refractivity contribution is 5.97. The molecule has 3 heterocycles. The van der Waals surface area contributed by atoms with Gasteiger partial charge < -0.3 is 10.6 Å². The second-order valence-corrected chi connectivity index (χ2v) is 7.00. The van der Waals surface area contributed by atoms with E-state index in [0.29, 0.717) is 17.3 Å². The Morgan fingerprint density at radius 3 is 2.89 bits per heavy atom. The molecule has 3 N–H and O–H groups in total. The molecular weight excluding hydrogens is 338 g/mol. The van der Waals surface area contributed by atoms with Crippen LogP contribution in [0.15, 0.2) is 54.9 Å². The Kier molecular flexibility index (Phi) is 4.87. The van der Waals surface area contributed by atoms with Gasteiger partial charge in [0.1, 0.15) is 5.82 Å². The topological polar surface area (TPSA) is 87.9 Å². The molecule has 27 heavy (non-hydrogen) atoms. The Morgan fingerprint density at radius 2 is 2.07 bits per heavy atom. The number of piperidine rings is 1. The number of primary amides is 1. The molecule has 2 aromatic heterocycles.